The first-order valence-corrected chi connectivity index (χ1v) is 22.7. The van der Waals surface area contributed by atoms with Gasteiger partial charge in [-0.3, -0.25) is 9.80 Å². The largest absolute Gasteiger partial charge is 0.458 e. The fourth-order valence-corrected chi connectivity index (χ4v) is 11.0. The minimum atomic E-state index is -0.219. The summed E-state index contributed by atoms with van der Waals surface area (Å²) in [5, 5.41) is 0. The van der Waals surface area contributed by atoms with E-state index < -0.39 is 0 Å². The Morgan fingerprint density at radius 3 is 1.60 bits per heavy atom. The third-order valence-corrected chi connectivity index (χ3v) is 13.6. The van der Waals surface area contributed by atoms with Crippen LogP contribution in [0, 0.1) is 0 Å². The van der Waals surface area contributed by atoms with Gasteiger partial charge in [0, 0.05) is 69.6 Å². The fourth-order valence-electron chi connectivity index (χ4n) is 11.0. The molecule has 0 radical (unpaired) electrons. The van der Waals surface area contributed by atoms with Crippen molar-refractivity contribution in [3.8, 4) is 11.5 Å². The molecule has 0 bridgehead atoms. The first kappa shape index (κ1) is 37.5. The number of fused-ring (bicyclic) bond motifs is 8. The third kappa shape index (κ3) is 5.66. The topological polar surface area (TPSA) is 60.9 Å². The number of hydrogen-bond donors (Lipinski definition) is 0. The molecule has 8 aromatic carbocycles. The normalized spacial score (nSPS) is 13.3. The van der Waals surface area contributed by atoms with Crippen LogP contribution in [0.25, 0.3) is 0 Å². The number of nitrogens with zero attached hydrogens (tertiary/aromatic N) is 7. The molecule has 0 N–H and O–H groups in total. The highest BCUT2D eigenvalue weighted by Crippen LogP contribution is 2.48. The van der Waals surface area contributed by atoms with Gasteiger partial charge in [0.25, 0.3) is 13.4 Å². The number of benzene rings is 8. The Morgan fingerprint density at radius 2 is 0.940 bits per heavy atom. The van der Waals surface area contributed by atoms with Gasteiger partial charge in [0.1, 0.15) is 29.5 Å². The van der Waals surface area contributed by atoms with E-state index >= 15 is 0 Å². The number of ether oxygens (including phenoxy) is 1. The SMILES string of the molecule is c1ccc(N(c2ccccc2)c2cc3c4c(c2)N(c2ccccc2)c2cc5c(cc2B4c2ccccc2O3)B2c3cncnc3N(c3ccccc3)c3ccnc(c32)N5c2ccccc2)cc1. The molecule has 67 heavy (non-hydrogen) atoms. The van der Waals surface area contributed by atoms with Crippen LogP contribution in [0.5, 0.6) is 11.5 Å². The van der Waals surface area contributed by atoms with Gasteiger partial charge in [0.15, 0.2) is 0 Å². The summed E-state index contributed by atoms with van der Waals surface area (Å²) in [6.07, 6.45) is 5.60. The molecule has 10 heteroatoms. The zero-order valence-electron chi connectivity index (χ0n) is 36.1. The van der Waals surface area contributed by atoms with Crippen molar-refractivity contribution in [1.29, 1.82) is 0 Å². The van der Waals surface area contributed by atoms with Crippen LogP contribution in [0.15, 0.2) is 225 Å². The number of anilines is 12. The maximum absolute atomic E-state index is 7.10. The van der Waals surface area contributed by atoms with Crippen LogP contribution in [-0.4, -0.2) is 28.4 Å². The smallest absolute Gasteiger partial charge is 0.258 e. The van der Waals surface area contributed by atoms with Crippen LogP contribution in [0.4, 0.5) is 68.5 Å². The molecule has 6 heterocycles. The number of aromatic nitrogens is 3. The van der Waals surface area contributed by atoms with Gasteiger partial charge in [0.05, 0.1) is 5.69 Å². The summed E-state index contributed by atoms with van der Waals surface area (Å²) in [6, 6.07) is 73.2. The third-order valence-electron chi connectivity index (χ3n) is 13.6. The molecule has 14 rings (SSSR count). The van der Waals surface area contributed by atoms with Gasteiger partial charge in [-0.2, -0.15) is 0 Å². The molecule has 0 amide bonds. The second-order valence-electron chi connectivity index (χ2n) is 17.2. The molecule has 10 aromatic rings. The van der Waals surface area contributed by atoms with E-state index in [1.54, 1.807) is 6.33 Å². The summed E-state index contributed by atoms with van der Waals surface area (Å²) in [5.74, 6) is 3.41. The van der Waals surface area contributed by atoms with Crippen LogP contribution in [0.2, 0.25) is 0 Å². The van der Waals surface area contributed by atoms with Crippen molar-refractivity contribution in [3.63, 3.8) is 0 Å². The summed E-state index contributed by atoms with van der Waals surface area (Å²) in [7, 11) is 0. The van der Waals surface area contributed by atoms with Gasteiger partial charge in [-0.25, -0.2) is 15.0 Å². The molecule has 2 aromatic heterocycles. The molecular formula is C57H37B2N7O. The van der Waals surface area contributed by atoms with Crippen molar-refractivity contribution in [3.05, 3.63) is 225 Å². The van der Waals surface area contributed by atoms with Gasteiger partial charge in [-0.1, -0.05) is 115 Å². The molecule has 0 atom stereocenters. The molecular weight excluding hydrogens is 820 g/mol. The Morgan fingerprint density at radius 1 is 0.388 bits per heavy atom. The molecule has 0 unspecified atom stereocenters. The van der Waals surface area contributed by atoms with Gasteiger partial charge in [-0.05, 0) is 118 Å². The lowest BCUT2D eigenvalue weighted by molar-refractivity contribution is 0.487. The summed E-state index contributed by atoms with van der Waals surface area (Å²) >= 11 is 0. The van der Waals surface area contributed by atoms with Gasteiger partial charge in [-0.15, -0.1) is 0 Å². The van der Waals surface area contributed by atoms with Gasteiger partial charge in [0.2, 0.25) is 0 Å². The Bertz CT molecular complexity index is 3510. The lowest BCUT2D eigenvalue weighted by Gasteiger charge is -2.45. The summed E-state index contributed by atoms with van der Waals surface area (Å²) < 4.78 is 7.10. The minimum Gasteiger partial charge on any atom is -0.458 e. The molecule has 0 saturated carbocycles. The second-order valence-corrected chi connectivity index (χ2v) is 17.2. The maximum Gasteiger partial charge on any atom is 0.258 e. The molecule has 4 aliphatic rings. The van der Waals surface area contributed by atoms with E-state index in [4.69, 9.17) is 19.7 Å². The van der Waals surface area contributed by atoms with Crippen molar-refractivity contribution in [1.82, 2.24) is 15.0 Å². The van der Waals surface area contributed by atoms with E-state index in [9.17, 15) is 0 Å². The predicted octanol–water partition coefficient (Wildman–Crippen LogP) is 9.83. The second kappa shape index (κ2) is 14.8. The van der Waals surface area contributed by atoms with E-state index in [1.807, 2.05) is 12.4 Å². The highest BCUT2D eigenvalue weighted by atomic mass is 16.5. The standard InChI is InChI=1S/C57H37B2N7O/c1-6-18-38(19-7-1)63(39-20-8-2-9-21-39)43-32-51-54-53(33-43)67-52-29-17-16-28-44(52)58(54)45-34-46-50(35-49(45)64(51)40-22-10-3-11-23-40)66(42-26-14-5-15-27-42)57-55-48(30-31-61-57)65(41-24-12-4-13-25-41)56-47(59(46)55)36-60-37-62-56/h1-37H. The zero-order valence-corrected chi connectivity index (χ0v) is 36.1. The number of pyridine rings is 1. The Balaban J connectivity index is 1.08. The summed E-state index contributed by atoms with van der Waals surface area (Å²) in [4.78, 5) is 24.4. The van der Waals surface area contributed by atoms with Crippen molar-refractivity contribution in [2.75, 3.05) is 19.6 Å². The molecule has 0 aliphatic carbocycles. The zero-order chi connectivity index (χ0) is 44.0. The van der Waals surface area contributed by atoms with Crippen LogP contribution >= 0.6 is 0 Å². The molecule has 0 fully saturated rings. The van der Waals surface area contributed by atoms with Crippen LogP contribution < -0.4 is 57.1 Å². The van der Waals surface area contributed by atoms with E-state index in [1.165, 1.54) is 5.46 Å². The quantitative estimate of drug-likeness (QED) is 0.153. The van der Waals surface area contributed by atoms with Crippen LogP contribution in [-0.2, 0) is 0 Å². The van der Waals surface area contributed by atoms with E-state index in [0.29, 0.717) is 0 Å². The summed E-state index contributed by atoms with van der Waals surface area (Å²) in [5.41, 5.74) is 17.2. The average Bonchev–Trinajstić information content (AvgIpc) is 3.39. The maximum atomic E-state index is 7.10. The molecule has 312 valence electrons. The lowest BCUT2D eigenvalue weighted by atomic mass is 9.31. The first-order chi connectivity index (χ1) is 33.3. The Hall–Kier alpha value is -8.88. The fraction of sp³-hybridized carbons (Fsp3) is 0. The number of rotatable bonds is 6. The van der Waals surface area contributed by atoms with Gasteiger partial charge >= 0.3 is 0 Å². The van der Waals surface area contributed by atoms with Crippen LogP contribution in [0.3, 0.4) is 0 Å². The van der Waals surface area contributed by atoms with Crippen LogP contribution in [0.1, 0.15) is 0 Å². The average molecular weight is 858 g/mol. The van der Waals surface area contributed by atoms with Gasteiger partial charge < -0.3 is 14.5 Å². The number of para-hydroxylation sites is 6. The predicted molar refractivity (Wildman–Crippen MR) is 274 cm³/mol. The Kier molecular flexibility index (Phi) is 8.30. The highest BCUT2D eigenvalue weighted by molar-refractivity contribution is 7.02. The number of hydrogen-bond acceptors (Lipinski definition) is 8. The van der Waals surface area contributed by atoms with E-state index in [2.05, 4.69) is 226 Å². The summed E-state index contributed by atoms with van der Waals surface area (Å²) in [6.45, 7) is -0.370. The highest BCUT2D eigenvalue weighted by Gasteiger charge is 2.48. The minimum absolute atomic E-state index is 0.151. The van der Waals surface area contributed by atoms with Crippen molar-refractivity contribution in [2.24, 2.45) is 0 Å². The van der Waals surface area contributed by atoms with E-state index in [0.717, 1.165) is 107 Å². The van der Waals surface area contributed by atoms with Crippen molar-refractivity contribution >= 4 is 115 Å². The molecule has 8 nitrogen and oxygen atoms in total. The Labute approximate surface area is 388 Å². The van der Waals surface area contributed by atoms with Crippen molar-refractivity contribution < 1.29 is 4.74 Å². The monoisotopic (exact) mass is 857 g/mol. The lowest BCUT2D eigenvalue weighted by Crippen LogP contribution is -2.65. The van der Waals surface area contributed by atoms with Crippen molar-refractivity contribution in [2.45, 2.75) is 0 Å². The molecule has 0 spiro atoms. The molecule has 4 aliphatic heterocycles. The van der Waals surface area contributed by atoms with E-state index in [-0.39, 0.29) is 13.4 Å². The molecule has 0 saturated heterocycles. The first-order valence-electron chi connectivity index (χ1n) is 22.7.